The van der Waals surface area contributed by atoms with Crippen molar-refractivity contribution in [2.75, 3.05) is 13.2 Å². The summed E-state index contributed by atoms with van der Waals surface area (Å²) >= 11 is 0. The van der Waals surface area contributed by atoms with Crippen LogP contribution in [0.25, 0.3) is 10.9 Å². The lowest BCUT2D eigenvalue weighted by molar-refractivity contribution is 0.104. The Labute approximate surface area is 177 Å². The van der Waals surface area contributed by atoms with Crippen LogP contribution in [0.15, 0.2) is 85.2 Å². The zero-order valence-electron chi connectivity index (χ0n) is 17.0. The van der Waals surface area contributed by atoms with Gasteiger partial charge < -0.3 is 4.74 Å². The van der Waals surface area contributed by atoms with Gasteiger partial charge in [-0.2, -0.15) is 0 Å². The third-order valence-electron chi connectivity index (χ3n) is 4.89. The molecular weight excluding hydrogens is 372 g/mol. The Kier molecular flexibility index (Phi) is 7.10. The summed E-state index contributed by atoms with van der Waals surface area (Å²) in [6.45, 7) is 3.73. The second kappa shape index (κ2) is 10.6. The van der Waals surface area contributed by atoms with Gasteiger partial charge in [-0.1, -0.05) is 36.4 Å². The summed E-state index contributed by atoms with van der Waals surface area (Å²) in [6.07, 6.45) is 4.62. The van der Waals surface area contributed by atoms with Crippen LogP contribution in [0.2, 0.25) is 0 Å². The molecule has 0 saturated carbocycles. The van der Waals surface area contributed by atoms with Crippen LogP contribution in [0, 0.1) is 0 Å². The van der Waals surface area contributed by atoms with Gasteiger partial charge in [-0.05, 0) is 42.8 Å². The van der Waals surface area contributed by atoms with Crippen LogP contribution in [0.1, 0.15) is 23.5 Å². The fraction of sp³-hybridized carbons (Fsp3) is 0.240. The predicted octanol–water partition coefficient (Wildman–Crippen LogP) is 4.63. The number of benzene rings is 1. The predicted molar refractivity (Wildman–Crippen MR) is 119 cm³/mol. The van der Waals surface area contributed by atoms with E-state index in [1.807, 2.05) is 60.9 Å². The Balaban J connectivity index is 1.28. The van der Waals surface area contributed by atoms with Crippen molar-refractivity contribution < 1.29 is 4.74 Å². The van der Waals surface area contributed by atoms with Crippen LogP contribution >= 0.6 is 0 Å². The molecule has 0 atom stereocenters. The molecule has 5 nitrogen and oxygen atoms in total. The van der Waals surface area contributed by atoms with Gasteiger partial charge in [0.05, 0.1) is 29.2 Å². The molecule has 152 valence electrons. The average Bonchev–Trinajstić information content (AvgIpc) is 2.80. The Morgan fingerprint density at radius 1 is 0.700 bits per heavy atom. The molecule has 0 aliphatic heterocycles. The molecule has 0 radical (unpaired) electrons. The van der Waals surface area contributed by atoms with Crippen molar-refractivity contribution in [1.29, 1.82) is 0 Å². The fourth-order valence-corrected chi connectivity index (χ4v) is 3.41. The first-order valence-corrected chi connectivity index (χ1v) is 10.3. The molecule has 3 heterocycles. The van der Waals surface area contributed by atoms with Crippen molar-refractivity contribution in [3.8, 4) is 0 Å². The highest BCUT2D eigenvalue weighted by molar-refractivity contribution is 5.78. The SMILES string of the molecule is c1ccc(CN(CCCOCc2ccc3ccccc3n2)Cc2ccccn2)nc1. The third-order valence-corrected chi connectivity index (χ3v) is 4.89. The zero-order chi connectivity index (χ0) is 20.4. The molecule has 4 aromatic rings. The van der Waals surface area contributed by atoms with Gasteiger partial charge in [0, 0.05) is 44.0 Å². The standard InChI is InChI=1S/C25H26N4O/c1-2-11-25-21(8-1)12-13-24(28-25)20-30-17-7-16-29(18-22-9-3-5-14-26-22)19-23-10-4-6-15-27-23/h1-6,8-15H,7,16-20H2. The summed E-state index contributed by atoms with van der Waals surface area (Å²) in [5.41, 5.74) is 4.10. The van der Waals surface area contributed by atoms with Crippen molar-refractivity contribution in [2.24, 2.45) is 0 Å². The average molecular weight is 399 g/mol. The summed E-state index contributed by atoms with van der Waals surface area (Å²) in [5.74, 6) is 0. The van der Waals surface area contributed by atoms with E-state index >= 15 is 0 Å². The van der Waals surface area contributed by atoms with Crippen LogP contribution in [-0.4, -0.2) is 33.0 Å². The number of aromatic nitrogens is 3. The molecule has 0 N–H and O–H groups in total. The van der Waals surface area contributed by atoms with Crippen molar-refractivity contribution in [2.45, 2.75) is 26.1 Å². The Morgan fingerprint density at radius 3 is 2.10 bits per heavy atom. The van der Waals surface area contributed by atoms with Crippen LogP contribution in [-0.2, 0) is 24.4 Å². The van der Waals surface area contributed by atoms with E-state index in [1.165, 1.54) is 0 Å². The maximum Gasteiger partial charge on any atom is 0.0888 e. The van der Waals surface area contributed by atoms with E-state index in [0.29, 0.717) is 13.2 Å². The normalized spacial score (nSPS) is 11.2. The number of fused-ring (bicyclic) bond motifs is 1. The van der Waals surface area contributed by atoms with Crippen molar-refractivity contribution in [3.63, 3.8) is 0 Å². The smallest absolute Gasteiger partial charge is 0.0888 e. The summed E-state index contributed by atoms with van der Waals surface area (Å²) in [6, 6.07) is 24.4. The van der Waals surface area contributed by atoms with Crippen LogP contribution in [0.4, 0.5) is 0 Å². The lowest BCUT2D eigenvalue weighted by Gasteiger charge is -2.21. The molecule has 1 aromatic carbocycles. The minimum Gasteiger partial charge on any atom is -0.375 e. The van der Waals surface area contributed by atoms with Crippen LogP contribution in [0.5, 0.6) is 0 Å². The number of nitrogens with zero attached hydrogens (tertiary/aromatic N) is 4. The first-order valence-electron chi connectivity index (χ1n) is 10.3. The second-order valence-electron chi connectivity index (χ2n) is 7.25. The number of para-hydroxylation sites is 1. The third kappa shape index (κ3) is 5.92. The lowest BCUT2D eigenvalue weighted by Crippen LogP contribution is -2.25. The molecule has 0 fully saturated rings. The molecule has 0 aliphatic carbocycles. The number of hydrogen-bond acceptors (Lipinski definition) is 5. The summed E-state index contributed by atoms with van der Waals surface area (Å²) in [5, 5.41) is 1.15. The Bertz CT molecular complexity index is 999. The molecular formula is C25H26N4O. The van der Waals surface area contributed by atoms with Gasteiger partial charge in [-0.25, -0.2) is 0 Å². The van der Waals surface area contributed by atoms with Crippen LogP contribution in [0.3, 0.4) is 0 Å². The minimum absolute atomic E-state index is 0.533. The van der Waals surface area contributed by atoms with Crippen molar-refractivity contribution >= 4 is 10.9 Å². The molecule has 5 heteroatoms. The molecule has 3 aromatic heterocycles. The van der Waals surface area contributed by atoms with Crippen molar-refractivity contribution in [1.82, 2.24) is 19.9 Å². The topological polar surface area (TPSA) is 51.1 Å². The molecule has 0 aliphatic rings. The highest BCUT2D eigenvalue weighted by Gasteiger charge is 2.09. The van der Waals surface area contributed by atoms with E-state index in [0.717, 1.165) is 54.0 Å². The molecule has 30 heavy (non-hydrogen) atoms. The summed E-state index contributed by atoms with van der Waals surface area (Å²) in [7, 11) is 0. The Morgan fingerprint density at radius 2 is 1.40 bits per heavy atom. The van der Waals surface area contributed by atoms with Crippen LogP contribution < -0.4 is 0 Å². The zero-order valence-corrected chi connectivity index (χ0v) is 17.0. The first-order chi connectivity index (χ1) is 14.9. The Hall–Kier alpha value is -3.15. The number of hydrogen-bond donors (Lipinski definition) is 0. The monoisotopic (exact) mass is 398 g/mol. The summed E-state index contributed by atoms with van der Waals surface area (Å²) < 4.78 is 5.90. The quantitative estimate of drug-likeness (QED) is 0.365. The largest absolute Gasteiger partial charge is 0.375 e. The van der Waals surface area contributed by atoms with Gasteiger partial charge >= 0.3 is 0 Å². The first kappa shape index (κ1) is 20.1. The maximum atomic E-state index is 5.90. The van der Waals surface area contributed by atoms with Gasteiger partial charge in [-0.3, -0.25) is 19.9 Å². The number of ether oxygens (including phenoxy) is 1. The maximum absolute atomic E-state index is 5.90. The lowest BCUT2D eigenvalue weighted by atomic mass is 10.2. The minimum atomic E-state index is 0.533. The van der Waals surface area contributed by atoms with E-state index in [1.54, 1.807) is 0 Å². The summed E-state index contributed by atoms with van der Waals surface area (Å²) in [4.78, 5) is 16.0. The molecule has 0 spiro atoms. The van der Waals surface area contributed by atoms with E-state index < -0.39 is 0 Å². The van der Waals surface area contributed by atoms with Gasteiger partial charge in [0.15, 0.2) is 0 Å². The van der Waals surface area contributed by atoms with E-state index in [-0.39, 0.29) is 0 Å². The number of rotatable bonds is 10. The molecule has 0 bridgehead atoms. The molecule has 0 saturated heterocycles. The van der Waals surface area contributed by atoms with Gasteiger partial charge in [0.25, 0.3) is 0 Å². The highest BCUT2D eigenvalue weighted by Crippen LogP contribution is 2.12. The van der Waals surface area contributed by atoms with Gasteiger partial charge in [0.1, 0.15) is 0 Å². The van der Waals surface area contributed by atoms with E-state index in [4.69, 9.17) is 4.74 Å². The molecule has 0 unspecified atom stereocenters. The van der Waals surface area contributed by atoms with Crippen molar-refractivity contribution in [3.05, 3.63) is 102 Å². The van der Waals surface area contributed by atoms with E-state index in [9.17, 15) is 0 Å². The molecule has 4 rings (SSSR count). The number of pyridine rings is 3. The van der Waals surface area contributed by atoms with E-state index in [2.05, 4.69) is 44.1 Å². The highest BCUT2D eigenvalue weighted by atomic mass is 16.5. The molecule has 0 amide bonds. The fourth-order valence-electron chi connectivity index (χ4n) is 3.41. The van der Waals surface area contributed by atoms with Gasteiger partial charge in [0.2, 0.25) is 0 Å². The second-order valence-corrected chi connectivity index (χ2v) is 7.25. The van der Waals surface area contributed by atoms with Gasteiger partial charge in [-0.15, -0.1) is 0 Å².